The van der Waals surface area contributed by atoms with Crippen LogP contribution in [0, 0.1) is 23.7 Å². The first-order valence-corrected chi connectivity index (χ1v) is 10.4. The molecule has 0 aliphatic heterocycles. The normalized spacial score (nSPS) is 33.4. The van der Waals surface area contributed by atoms with E-state index in [1.807, 2.05) is 0 Å². The molecule has 2 aliphatic rings. The van der Waals surface area contributed by atoms with Crippen molar-refractivity contribution in [2.45, 2.75) is 104 Å². The van der Waals surface area contributed by atoms with E-state index in [9.17, 15) is 0 Å². The molecule has 128 valence electrons. The van der Waals surface area contributed by atoms with Gasteiger partial charge in [-0.2, -0.15) is 0 Å². The SMILES string of the molecule is CC=CCCC1CCC(C2CCC(CCCCC)CC2)CC1. The maximum Gasteiger partial charge on any atom is -0.0348 e. The minimum absolute atomic E-state index is 1.04. The highest BCUT2D eigenvalue weighted by molar-refractivity contribution is 4.84. The molecule has 0 bridgehead atoms. The molecule has 0 atom stereocenters. The van der Waals surface area contributed by atoms with Gasteiger partial charge in [0, 0.05) is 0 Å². The number of rotatable bonds is 8. The molecule has 0 nitrogen and oxygen atoms in total. The molecule has 0 amide bonds. The lowest BCUT2D eigenvalue weighted by Crippen LogP contribution is -2.25. The van der Waals surface area contributed by atoms with Gasteiger partial charge in [-0.25, -0.2) is 0 Å². The first kappa shape index (κ1) is 18.1. The third kappa shape index (κ3) is 6.09. The van der Waals surface area contributed by atoms with E-state index < -0.39 is 0 Å². The summed E-state index contributed by atoms with van der Waals surface area (Å²) >= 11 is 0. The van der Waals surface area contributed by atoms with Gasteiger partial charge < -0.3 is 0 Å². The van der Waals surface area contributed by atoms with E-state index in [1.54, 1.807) is 38.5 Å². The first-order valence-electron chi connectivity index (χ1n) is 10.4. The smallest absolute Gasteiger partial charge is 0.0348 e. The van der Waals surface area contributed by atoms with E-state index in [4.69, 9.17) is 0 Å². The summed E-state index contributed by atoms with van der Waals surface area (Å²) in [7, 11) is 0. The van der Waals surface area contributed by atoms with Crippen LogP contribution < -0.4 is 0 Å². The van der Waals surface area contributed by atoms with E-state index in [2.05, 4.69) is 26.0 Å². The number of hydrogen-bond acceptors (Lipinski definition) is 0. The van der Waals surface area contributed by atoms with Crippen LogP contribution in [0.3, 0.4) is 0 Å². The third-order valence-corrected chi connectivity index (χ3v) is 6.64. The van der Waals surface area contributed by atoms with E-state index in [0.29, 0.717) is 0 Å². The molecule has 2 fully saturated rings. The highest BCUT2D eigenvalue weighted by Gasteiger charge is 2.30. The van der Waals surface area contributed by atoms with E-state index in [-0.39, 0.29) is 0 Å². The van der Waals surface area contributed by atoms with Gasteiger partial charge in [0.05, 0.1) is 0 Å². The second-order valence-electron chi connectivity index (χ2n) is 8.20. The van der Waals surface area contributed by atoms with Gasteiger partial charge in [0.25, 0.3) is 0 Å². The summed E-state index contributed by atoms with van der Waals surface area (Å²) in [6.07, 6.45) is 25.5. The summed E-state index contributed by atoms with van der Waals surface area (Å²) in [5.41, 5.74) is 0. The van der Waals surface area contributed by atoms with E-state index >= 15 is 0 Å². The zero-order valence-corrected chi connectivity index (χ0v) is 15.4. The van der Waals surface area contributed by atoms with Gasteiger partial charge >= 0.3 is 0 Å². The topological polar surface area (TPSA) is 0 Å². The monoisotopic (exact) mass is 304 g/mol. The van der Waals surface area contributed by atoms with Crippen LogP contribution in [0.2, 0.25) is 0 Å². The Morgan fingerprint density at radius 2 is 1.27 bits per heavy atom. The third-order valence-electron chi connectivity index (χ3n) is 6.64. The molecule has 2 aliphatic carbocycles. The molecular formula is C22H40. The highest BCUT2D eigenvalue weighted by Crippen LogP contribution is 2.43. The number of hydrogen-bond donors (Lipinski definition) is 0. The van der Waals surface area contributed by atoms with Gasteiger partial charge in [0.1, 0.15) is 0 Å². The van der Waals surface area contributed by atoms with Crippen LogP contribution in [-0.4, -0.2) is 0 Å². The number of allylic oxidation sites excluding steroid dienone is 2. The molecule has 2 saturated carbocycles. The molecule has 0 heteroatoms. The molecular weight excluding hydrogens is 264 g/mol. The number of unbranched alkanes of at least 4 members (excludes halogenated alkanes) is 2. The summed E-state index contributed by atoms with van der Waals surface area (Å²) < 4.78 is 0. The fourth-order valence-corrected chi connectivity index (χ4v) is 5.08. The first-order chi connectivity index (χ1) is 10.8. The fraction of sp³-hybridized carbons (Fsp3) is 0.909. The summed E-state index contributed by atoms with van der Waals surface area (Å²) in [6.45, 7) is 4.47. The second-order valence-corrected chi connectivity index (χ2v) is 8.20. The standard InChI is InChI=1S/C22H40/c1-3-5-7-9-19-11-15-21(16-12-19)22-17-13-20(14-18-22)10-8-6-4-2/h3,5,19-22H,4,6-18H2,1-2H3. The van der Waals surface area contributed by atoms with Crippen molar-refractivity contribution in [1.82, 2.24) is 0 Å². The zero-order valence-electron chi connectivity index (χ0n) is 15.4. The van der Waals surface area contributed by atoms with Gasteiger partial charge in [-0.05, 0) is 69.1 Å². The molecule has 0 radical (unpaired) electrons. The minimum Gasteiger partial charge on any atom is -0.0917 e. The lowest BCUT2D eigenvalue weighted by molar-refractivity contribution is 0.140. The molecule has 0 aromatic rings. The van der Waals surface area contributed by atoms with Crippen LogP contribution in [0.4, 0.5) is 0 Å². The van der Waals surface area contributed by atoms with Crippen LogP contribution in [0.25, 0.3) is 0 Å². The molecule has 0 N–H and O–H groups in total. The van der Waals surface area contributed by atoms with Crippen molar-refractivity contribution >= 4 is 0 Å². The van der Waals surface area contributed by atoms with Crippen LogP contribution in [0.15, 0.2) is 12.2 Å². The van der Waals surface area contributed by atoms with Crippen molar-refractivity contribution in [2.24, 2.45) is 23.7 Å². The van der Waals surface area contributed by atoms with Crippen LogP contribution >= 0.6 is 0 Å². The zero-order chi connectivity index (χ0) is 15.6. The molecule has 0 spiro atoms. The van der Waals surface area contributed by atoms with Gasteiger partial charge in [0.15, 0.2) is 0 Å². The Bertz CT molecular complexity index is 287. The Morgan fingerprint density at radius 3 is 1.77 bits per heavy atom. The van der Waals surface area contributed by atoms with Crippen molar-refractivity contribution in [3.05, 3.63) is 12.2 Å². The Labute approximate surface area is 140 Å². The van der Waals surface area contributed by atoms with Crippen molar-refractivity contribution in [3.8, 4) is 0 Å². The van der Waals surface area contributed by atoms with Crippen molar-refractivity contribution in [3.63, 3.8) is 0 Å². The summed E-state index contributed by atoms with van der Waals surface area (Å²) in [5.74, 6) is 4.31. The Kier molecular flexibility index (Phi) is 8.63. The summed E-state index contributed by atoms with van der Waals surface area (Å²) in [4.78, 5) is 0. The van der Waals surface area contributed by atoms with E-state index in [0.717, 1.165) is 23.7 Å². The highest BCUT2D eigenvalue weighted by atomic mass is 14.4. The Morgan fingerprint density at radius 1 is 0.727 bits per heavy atom. The molecule has 0 saturated heterocycles. The lowest BCUT2D eigenvalue weighted by atomic mass is 9.68. The van der Waals surface area contributed by atoms with Gasteiger partial charge in [0.2, 0.25) is 0 Å². The average molecular weight is 305 g/mol. The van der Waals surface area contributed by atoms with Gasteiger partial charge in [-0.15, -0.1) is 0 Å². The second kappa shape index (κ2) is 10.5. The maximum atomic E-state index is 2.35. The average Bonchev–Trinajstić information content (AvgIpc) is 2.57. The minimum atomic E-state index is 1.04. The summed E-state index contributed by atoms with van der Waals surface area (Å²) in [5, 5.41) is 0. The van der Waals surface area contributed by atoms with E-state index in [1.165, 1.54) is 51.4 Å². The molecule has 0 unspecified atom stereocenters. The Hall–Kier alpha value is -0.260. The molecule has 0 aromatic carbocycles. The van der Waals surface area contributed by atoms with Gasteiger partial charge in [-0.1, -0.05) is 70.4 Å². The van der Waals surface area contributed by atoms with Gasteiger partial charge in [-0.3, -0.25) is 0 Å². The summed E-state index contributed by atoms with van der Waals surface area (Å²) in [6, 6.07) is 0. The van der Waals surface area contributed by atoms with Crippen LogP contribution in [0.1, 0.15) is 104 Å². The lowest BCUT2D eigenvalue weighted by Gasteiger charge is -2.38. The molecule has 0 heterocycles. The van der Waals surface area contributed by atoms with Crippen molar-refractivity contribution in [1.29, 1.82) is 0 Å². The van der Waals surface area contributed by atoms with Crippen molar-refractivity contribution in [2.75, 3.05) is 0 Å². The van der Waals surface area contributed by atoms with Crippen LogP contribution in [-0.2, 0) is 0 Å². The maximum absolute atomic E-state index is 2.35. The fourth-order valence-electron chi connectivity index (χ4n) is 5.08. The van der Waals surface area contributed by atoms with Crippen molar-refractivity contribution < 1.29 is 0 Å². The quantitative estimate of drug-likeness (QED) is 0.321. The predicted octanol–water partition coefficient (Wildman–Crippen LogP) is 7.54. The predicted molar refractivity (Wildman–Crippen MR) is 99.1 cm³/mol. The molecule has 22 heavy (non-hydrogen) atoms. The van der Waals surface area contributed by atoms with Crippen LogP contribution in [0.5, 0.6) is 0 Å². The Balaban J connectivity index is 1.60. The molecule has 2 rings (SSSR count). The molecule has 0 aromatic heterocycles. The largest absolute Gasteiger partial charge is 0.0917 e.